The van der Waals surface area contributed by atoms with Crippen LogP contribution in [0.3, 0.4) is 0 Å². The summed E-state index contributed by atoms with van der Waals surface area (Å²) < 4.78 is 7.71. The molecule has 1 fully saturated rings. The van der Waals surface area contributed by atoms with Crippen LogP contribution in [-0.4, -0.2) is 28.0 Å². The number of amides is 1. The number of hydrogen-bond donors (Lipinski definition) is 1. The Hall–Kier alpha value is -2.21. The van der Waals surface area contributed by atoms with Crippen molar-refractivity contribution < 1.29 is 9.53 Å². The van der Waals surface area contributed by atoms with Gasteiger partial charge >= 0.3 is 0 Å². The van der Waals surface area contributed by atoms with Gasteiger partial charge in [-0.15, -0.1) is 11.8 Å². The summed E-state index contributed by atoms with van der Waals surface area (Å²) in [6.07, 6.45) is 7.77. The van der Waals surface area contributed by atoms with Crippen LogP contribution >= 0.6 is 11.8 Å². The molecular formula is C22H27N3O2S. The molecule has 2 aromatic rings. The molecule has 148 valence electrons. The fourth-order valence-electron chi connectivity index (χ4n) is 4.16. The summed E-state index contributed by atoms with van der Waals surface area (Å²) >= 11 is 1.66. The first-order chi connectivity index (χ1) is 13.7. The molecule has 2 heterocycles. The summed E-state index contributed by atoms with van der Waals surface area (Å²) in [4.78, 5) is 12.4. The Kier molecular flexibility index (Phi) is 5.76. The summed E-state index contributed by atoms with van der Waals surface area (Å²) in [5.41, 5.74) is 3.31. The van der Waals surface area contributed by atoms with Crippen LogP contribution in [0.25, 0.3) is 0 Å². The summed E-state index contributed by atoms with van der Waals surface area (Å²) in [7, 11) is 0. The molecule has 1 N–H and O–H groups in total. The Bertz CT molecular complexity index is 853. The molecule has 1 atom stereocenters. The van der Waals surface area contributed by atoms with E-state index in [1.807, 2.05) is 12.1 Å². The van der Waals surface area contributed by atoms with E-state index >= 15 is 0 Å². The standard InChI is InChI=1S/C22H27N3O2S/c1-3-13-27-18-11-9-16(10-12-18)21-20-15(2)24-25(17-7-5-4-6-8-17)22(20)23-19(26)14-28-21/h3,9-12,17,21H,1,4-8,13-14H2,2H3,(H,23,26)/t21-/m0/s1. The van der Waals surface area contributed by atoms with E-state index in [0.29, 0.717) is 18.4 Å². The maximum atomic E-state index is 12.4. The van der Waals surface area contributed by atoms with Gasteiger partial charge in [0.05, 0.1) is 22.7 Å². The SMILES string of the molecule is C=CCOc1ccc([C@@H]2SCC(=O)Nc3c2c(C)nn3C2CCCCC2)cc1. The number of benzene rings is 1. The van der Waals surface area contributed by atoms with Crippen molar-refractivity contribution in [3.8, 4) is 5.75 Å². The number of fused-ring (bicyclic) bond motifs is 1. The smallest absolute Gasteiger partial charge is 0.235 e. The van der Waals surface area contributed by atoms with Gasteiger partial charge < -0.3 is 10.1 Å². The second-order valence-electron chi connectivity index (χ2n) is 7.49. The van der Waals surface area contributed by atoms with E-state index in [4.69, 9.17) is 9.84 Å². The van der Waals surface area contributed by atoms with Crippen LogP contribution in [0.4, 0.5) is 5.82 Å². The molecule has 0 unspecified atom stereocenters. The molecule has 0 saturated heterocycles. The molecule has 0 bridgehead atoms. The number of nitrogens with one attached hydrogen (secondary N) is 1. The third-order valence-corrected chi connectivity index (χ3v) is 6.77. The molecule has 1 aliphatic heterocycles. The van der Waals surface area contributed by atoms with E-state index in [1.54, 1.807) is 17.8 Å². The minimum atomic E-state index is 0.0524. The minimum absolute atomic E-state index is 0.0524. The zero-order valence-corrected chi connectivity index (χ0v) is 17.1. The highest BCUT2D eigenvalue weighted by Crippen LogP contribution is 2.45. The summed E-state index contributed by atoms with van der Waals surface area (Å²) in [5, 5.41) is 8.11. The number of hydrogen-bond acceptors (Lipinski definition) is 4. The number of ether oxygens (including phenoxy) is 1. The van der Waals surface area contributed by atoms with Gasteiger partial charge in [0, 0.05) is 5.56 Å². The Labute approximate surface area is 170 Å². The number of thioether (sulfide) groups is 1. The number of nitrogens with zero attached hydrogens (tertiary/aromatic N) is 2. The quantitative estimate of drug-likeness (QED) is 0.719. The van der Waals surface area contributed by atoms with Gasteiger partial charge in [-0.1, -0.05) is 44.1 Å². The minimum Gasteiger partial charge on any atom is -0.490 e. The molecule has 0 spiro atoms. The van der Waals surface area contributed by atoms with Crippen LogP contribution in [0.5, 0.6) is 5.75 Å². The summed E-state index contributed by atoms with van der Waals surface area (Å²) in [6, 6.07) is 8.54. The molecule has 1 aromatic heterocycles. The third kappa shape index (κ3) is 3.83. The largest absolute Gasteiger partial charge is 0.490 e. The monoisotopic (exact) mass is 397 g/mol. The Morgan fingerprint density at radius 2 is 2.04 bits per heavy atom. The second kappa shape index (κ2) is 8.43. The molecule has 2 aliphatic rings. The van der Waals surface area contributed by atoms with Crippen LogP contribution in [0.2, 0.25) is 0 Å². The maximum Gasteiger partial charge on any atom is 0.235 e. The average molecular weight is 398 g/mol. The summed E-state index contributed by atoms with van der Waals surface area (Å²) in [5.74, 6) is 2.22. The van der Waals surface area contributed by atoms with Crippen molar-refractivity contribution in [2.45, 2.75) is 50.3 Å². The van der Waals surface area contributed by atoms with Crippen molar-refractivity contribution in [1.82, 2.24) is 9.78 Å². The predicted octanol–water partition coefficient (Wildman–Crippen LogP) is 5.04. The van der Waals surface area contributed by atoms with E-state index in [2.05, 4.69) is 35.6 Å². The first-order valence-corrected chi connectivity index (χ1v) is 11.1. The molecule has 28 heavy (non-hydrogen) atoms. The lowest BCUT2D eigenvalue weighted by molar-refractivity contribution is -0.113. The fraction of sp³-hybridized carbons (Fsp3) is 0.455. The van der Waals surface area contributed by atoms with Crippen molar-refractivity contribution in [3.63, 3.8) is 0 Å². The van der Waals surface area contributed by atoms with Crippen LogP contribution in [-0.2, 0) is 4.79 Å². The zero-order chi connectivity index (χ0) is 19.5. The van der Waals surface area contributed by atoms with Gasteiger partial charge in [-0.2, -0.15) is 5.10 Å². The van der Waals surface area contributed by atoms with Crippen molar-refractivity contribution in [2.24, 2.45) is 0 Å². The number of rotatable bonds is 5. The van der Waals surface area contributed by atoms with Gasteiger partial charge in [0.2, 0.25) is 5.91 Å². The molecule has 0 radical (unpaired) electrons. The Morgan fingerprint density at radius 1 is 1.29 bits per heavy atom. The van der Waals surface area contributed by atoms with E-state index in [1.165, 1.54) is 24.8 Å². The zero-order valence-electron chi connectivity index (χ0n) is 16.3. The highest BCUT2D eigenvalue weighted by atomic mass is 32.2. The lowest BCUT2D eigenvalue weighted by atomic mass is 9.95. The highest BCUT2D eigenvalue weighted by molar-refractivity contribution is 8.00. The normalized spacial score (nSPS) is 20.2. The molecular weight excluding hydrogens is 370 g/mol. The molecule has 1 saturated carbocycles. The number of aryl methyl sites for hydroxylation is 1. The Morgan fingerprint density at radius 3 is 2.75 bits per heavy atom. The summed E-state index contributed by atoms with van der Waals surface area (Å²) in [6.45, 7) is 6.24. The Balaban J connectivity index is 1.69. The van der Waals surface area contributed by atoms with Gasteiger partial charge in [0.25, 0.3) is 0 Å². The molecule has 1 amide bonds. The maximum absolute atomic E-state index is 12.4. The molecule has 6 heteroatoms. The third-order valence-electron chi connectivity index (χ3n) is 5.50. The molecule has 1 aliphatic carbocycles. The van der Waals surface area contributed by atoms with Crippen molar-refractivity contribution in [1.29, 1.82) is 0 Å². The molecule has 4 rings (SSSR count). The van der Waals surface area contributed by atoms with E-state index in [9.17, 15) is 4.79 Å². The van der Waals surface area contributed by atoms with Gasteiger partial charge in [-0.3, -0.25) is 4.79 Å². The van der Waals surface area contributed by atoms with Crippen LogP contribution < -0.4 is 10.1 Å². The molecule has 1 aromatic carbocycles. The van der Waals surface area contributed by atoms with Crippen LogP contribution in [0, 0.1) is 6.92 Å². The van der Waals surface area contributed by atoms with Crippen LogP contribution in [0.15, 0.2) is 36.9 Å². The predicted molar refractivity (Wildman–Crippen MR) is 114 cm³/mol. The van der Waals surface area contributed by atoms with Crippen molar-refractivity contribution in [2.75, 3.05) is 17.7 Å². The van der Waals surface area contributed by atoms with E-state index < -0.39 is 0 Å². The first kappa shape index (κ1) is 19.1. The topological polar surface area (TPSA) is 56.1 Å². The molecule has 5 nitrogen and oxygen atoms in total. The van der Waals surface area contributed by atoms with Gasteiger partial charge in [0.15, 0.2) is 0 Å². The second-order valence-corrected chi connectivity index (χ2v) is 8.59. The van der Waals surface area contributed by atoms with Gasteiger partial charge in [-0.25, -0.2) is 4.68 Å². The average Bonchev–Trinajstić information content (AvgIpc) is 2.93. The first-order valence-electron chi connectivity index (χ1n) is 10.0. The lowest BCUT2D eigenvalue weighted by Gasteiger charge is -2.24. The number of carbonyl (C=O) groups is 1. The lowest BCUT2D eigenvalue weighted by Crippen LogP contribution is -2.20. The van der Waals surface area contributed by atoms with E-state index in [-0.39, 0.29) is 11.2 Å². The van der Waals surface area contributed by atoms with Crippen molar-refractivity contribution in [3.05, 3.63) is 53.7 Å². The number of aromatic nitrogens is 2. The highest BCUT2D eigenvalue weighted by Gasteiger charge is 2.32. The fourth-order valence-corrected chi connectivity index (χ4v) is 5.34. The van der Waals surface area contributed by atoms with Gasteiger partial charge in [-0.05, 0) is 37.5 Å². The van der Waals surface area contributed by atoms with E-state index in [0.717, 1.165) is 35.7 Å². The number of anilines is 1. The van der Waals surface area contributed by atoms with Crippen LogP contribution in [0.1, 0.15) is 60.2 Å². The number of carbonyl (C=O) groups excluding carboxylic acids is 1. The van der Waals surface area contributed by atoms with Gasteiger partial charge in [0.1, 0.15) is 18.2 Å². The van der Waals surface area contributed by atoms with Crippen molar-refractivity contribution >= 4 is 23.5 Å².